The molecule has 4 rings (SSSR count). The number of unbranched alkanes of at least 4 members (excludes halogenated alkanes) is 2. The number of hydrogen-bond acceptors (Lipinski definition) is 1. The minimum Gasteiger partial charge on any atom is -0.344 e. The molecule has 0 aromatic carbocycles. The Hall–Kier alpha value is -2.80. The van der Waals surface area contributed by atoms with E-state index >= 15 is 0 Å². The molecule has 1 heterocycles. The van der Waals surface area contributed by atoms with Gasteiger partial charge in [-0.05, 0) is 118 Å². The molecular weight excluding hydrogens is 494 g/mol. The Kier molecular flexibility index (Phi) is 9.89. The number of nitrogens with zero attached hydrogens (tertiary/aromatic N) is 1. The molecule has 1 saturated heterocycles. The van der Waals surface area contributed by atoms with Crippen LogP contribution in [0, 0.1) is 10.8 Å². The molecule has 0 aromatic rings. The second-order valence-corrected chi connectivity index (χ2v) is 13.8. The average molecular weight is 550 g/mol. The van der Waals surface area contributed by atoms with Gasteiger partial charge in [0.05, 0.1) is 0 Å². The third-order valence-corrected chi connectivity index (χ3v) is 9.93. The van der Waals surface area contributed by atoms with Crippen molar-refractivity contribution in [2.75, 3.05) is 6.54 Å². The molecule has 3 aliphatic carbocycles. The molecule has 0 bridgehead atoms. The highest BCUT2D eigenvalue weighted by Gasteiger charge is 2.42. The van der Waals surface area contributed by atoms with Crippen LogP contribution in [0.25, 0.3) is 0 Å². The van der Waals surface area contributed by atoms with Crippen molar-refractivity contribution in [1.82, 2.24) is 4.90 Å². The van der Waals surface area contributed by atoms with Crippen molar-refractivity contribution < 1.29 is 0 Å². The van der Waals surface area contributed by atoms with Crippen LogP contribution in [0.1, 0.15) is 113 Å². The molecule has 0 N–H and O–H groups in total. The highest BCUT2D eigenvalue weighted by atomic mass is 15.2. The quantitative estimate of drug-likeness (QED) is 0.141. The molecule has 0 amide bonds. The molecule has 0 aromatic heterocycles. The minimum atomic E-state index is -0.0458. The Labute approximate surface area is 252 Å². The highest BCUT2D eigenvalue weighted by Crippen LogP contribution is 2.51. The second-order valence-electron chi connectivity index (χ2n) is 13.8. The van der Waals surface area contributed by atoms with Crippen LogP contribution in [0.4, 0.5) is 0 Å². The van der Waals surface area contributed by atoms with Gasteiger partial charge in [0.25, 0.3) is 0 Å². The second kappa shape index (κ2) is 13.0. The van der Waals surface area contributed by atoms with Crippen molar-refractivity contribution in [2.24, 2.45) is 10.8 Å². The van der Waals surface area contributed by atoms with Gasteiger partial charge in [0.15, 0.2) is 0 Å². The monoisotopic (exact) mass is 549 g/mol. The predicted octanol–water partition coefficient (Wildman–Crippen LogP) is 11.8. The van der Waals surface area contributed by atoms with E-state index in [1.165, 1.54) is 75.2 Å². The zero-order valence-electron chi connectivity index (χ0n) is 27.3. The summed E-state index contributed by atoms with van der Waals surface area (Å²) in [5.74, 6) is 0. The van der Waals surface area contributed by atoms with Crippen molar-refractivity contribution in [2.45, 2.75) is 113 Å². The van der Waals surface area contributed by atoms with Crippen molar-refractivity contribution in [1.29, 1.82) is 0 Å². The first-order valence-corrected chi connectivity index (χ1v) is 16.1. The lowest BCUT2D eigenvalue weighted by Crippen LogP contribution is -2.21. The molecule has 1 fully saturated rings. The molecule has 41 heavy (non-hydrogen) atoms. The molecular formula is C40H55N. The summed E-state index contributed by atoms with van der Waals surface area (Å²) in [5.41, 5.74) is 14.2. The fourth-order valence-corrected chi connectivity index (χ4v) is 7.09. The van der Waals surface area contributed by atoms with E-state index in [4.69, 9.17) is 0 Å². The molecule has 220 valence electrons. The molecule has 4 aliphatic rings. The fourth-order valence-electron chi connectivity index (χ4n) is 7.09. The van der Waals surface area contributed by atoms with E-state index in [9.17, 15) is 0 Å². The van der Waals surface area contributed by atoms with Gasteiger partial charge in [0, 0.05) is 28.8 Å². The summed E-state index contributed by atoms with van der Waals surface area (Å²) in [5, 5.41) is 0. The largest absolute Gasteiger partial charge is 0.344 e. The summed E-state index contributed by atoms with van der Waals surface area (Å²) >= 11 is 0. The van der Waals surface area contributed by atoms with Gasteiger partial charge < -0.3 is 4.90 Å². The Morgan fingerprint density at radius 1 is 0.927 bits per heavy atom. The van der Waals surface area contributed by atoms with Gasteiger partial charge >= 0.3 is 0 Å². The van der Waals surface area contributed by atoms with Crippen molar-refractivity contribution in [3.05, 3.63) is 118 Å². The first-order valence-electron chi connectivity index (χ1n) is 16.1. The van der Waals surface area contributed by atoms with E-state index < -0.39 is 0 Å². The fraction of sp³-hybridized carbons (Fsp3) is 0.500. The molecule has 1 heteroatoms. The predicted molar refractivity (Wildman–Crippen MR) is 180 cm³/mol. The van der Waals surface area contributed by atoms with Crippen LogP contribution in [0.15, 0.2) is 118 Å². The summed E-state index contributed by atoms with van der Waals surface area (Å²) in [7, 11) is 0. The Morgan fingerprint density at radius 2 is 1.63 bits per heavy atom. The lowest BCUT2D eigenvalue weighted by Gasteiger charge is -2.31. The van der Waals surface area contributed by atoms with Gasteiger partial charge in [0.2, 0.25) is 0 Å². The molecule has 0 atom stereocenters. The van der Waals surface area contributed by atoms with Crippen LogP contribution < -0.4 is 0 Å². The summed E-state index contributed by atoms with van der Waals surface area (Å²) in [6.07, 6.45) is 31.0. The van der Waals surface area contributed by atoms with Crippen molar-refractivity contribution in [3.8, 4) is 0 Å². The van der Waals surface area contributed by atoms with E-state index in [-0.39, 0.29) is 10.8 Å². The van der Waals surface area contributed by atoms with E-state index in [0.717, 1.165) is 51.5 Å². The third-order valence-electron chi connectivity index (χ3n) is 9.93. The Morgan fingerprint density at radius 3 is 2.37 bits per heavy atom. The van der Waals surface area contributed by atoms with Crippen LogP contribution in [0.3, 0.4) is 0 Å². The number of rotatable bonds is 11. The van der Waals surface area contributed by atoms with Gasteiger partial charge in [-0.2, -0.15) is 0 Å². The lowest BCUT2D eigenvalue weighted by molar-refractivity contribution is 0.393. The zero-order valence-corrected chi connectivity index (χ0v) is 27.3. The van der Waals surface area contributed by atoms with Crippen molar-refractivity contribution in [3.63, 3.8) is 0 Å². The van der Waals surface area contributed by atoms with Crippen LogP contribution in [-0.2, 0) is 0 Å². The van der Waals surface area contributed by atoms with Gasteiger partial charge in [-0.15, -0.1) is 6.58 Å². The van der Waals surface area contributed by atoms with Crippen LogP contribution in [0.5, 0.6) is 0 Å². The Balaban J connectivity index is 1.53. The van der Waals surface area contributed by atoms with Gasteiger partial charge in [0.1, 0.15) is 0 Å². The molecule has 0 radical (unpaired) electrons. The molecule has 1 nitrogen and oxygen atoms in total. The van der Waals surface area contributed by atoms with Gasteiger partial charge in [-0.1, -0.05) is 94.4 Å². The topological polar surface area (TPSA) is 3.24 Å². The lowest BCUT2D eigenvalue weighted by atomic mass is 9.73. The number of likely N-dealkylation sites (tertiary alicyclic amines) is 1. The van der Waals surface area contributed by atoms with Crippen LogP contribution in [0.2, 0.25) is 0 Å². The third kappa shape index (κ3) is 6.82. The zero-order chi connectivity index (χ0) is 29.8. The smallest absolute Gasteiger partial charge is 0.0406 e. The van der Waals surface area contributed by atoms with Crippen LogP contribution in [-0.4, -0.2) is 11.4 Å². The minimum absolute atomic E-state index is 0.0453. The summed E-state index contributed by atoms with van der Waals surface area (Å²) in [6.45, 7) is 25.9. The van der Waals surface area contributed by atoms with E-state index in [1.807, 2.05) is 0 Å². The summed E-state index contributed by atoms with van der Waals surface area (Å²) < 4.78 is 0. The summed E-state index contributed by atoms with van der Waals surface area (Å²) in [6, 6.07) is 0. The maximum atomic E-state index is 4.51. The van der Waals surface area contributed by atoms with Gasteiger partial charge in [-0.3, -0.25) is 0 Å². The van der Waals surface area contributed by atoms with Crippen LogP contribution >= 0.6 is 0 Å². The Bertz CT molecular complexity index is 1300. The van der Waals surface area contributed by atoms with Gasteiger partial charge in [-0.25, -0.2) is 0 Å². The van der Waals surface area contributed by atoms with E-state index in [1.54, 1.807) is 0 Å². The number of allylic oxidation sites excluding steroid dienone is 17. The first-order chi connectivity index (χ1) is 19.4. The number of fused-ring (bicyclic) bond motifs is 1. The maximum absolute atomic E-state index is 4.51. The number of hydrogen-bond donors (Lipinski definition) is 0. The van der Waals surface area contributed by atoms with E-state index in [0.29, 0.717) is 0 Å². The molecule has 0 unspecified atom stereocenters. The summed E-state index contributed by atoms with van der Waals surface area (Å²) in [4.78, 5) is 2.64. The SMILES string of the molecule is C=C(C)CCCCCN1C2=CCCC=C2C(C)(C)/C1=C\C=C1/CCC(/C=C/C(=C)C(C)(C)C2=CCCC=C2C)=C1C. The van der Waals surface area contributed by atoms with E-state index in [2.05, 4.69) is 115 Å². The first kappa shape index (κ1) is 31.1. The standard InChI is InChI=1S/C40H55N/c1-29(2)17-11-10-16-28-41-37-21-15-14-20-36(37)40(8,9)38(41)27-26-34-25-24-33(32(34)5)23-22-31(4)39(6,7)35-19-13-12-18-30(35)3/h18-23,26-27H,1,4,10-17,24-25,28H2,2-3,5-9H3/b23-22+,34-26+,38-27+. The molecule has 0 saturated carbocycles. The average Bonchev–Trinajstić information content (AvgIpc) is 3.38. The molecule has 0 spiro atoms. The maximum Gasteiger partial charge on any atom is 0.0406 e. The normalized spacial score (nSPS) is 22.8. The molecule has 1 aliphatic heterocycles. The highest BCUT2D eigenvalue weighted by molar-refractivity contribution is 5.54. The van der Waals surface area contributed by atoms with Crippen molar-refractivity contribution >= 4 is 0 Å².